The summed E-state index contributed by atoms with van der Waals surface area (Å²) in [5.74, 6) is 0. The summed E-state index contributed by atoms with van der Waals surface area (Å²) in [6.07, 6.45) is 3.37. The first-order valence-electron chi connectivity index (χ1n) is 16.7. The Kier molecular flexibility index (Phi) is 5.03. The predicted molar refractivity (Wildman–Crippen MR) is 200 cm³/mol. The second kappa shape index (κ2) is 9.27. The molecule has 0 bridgehead atoms. The highest BCUT2D eigenvalue weighted by atomic mass is 16.3. The summed E-state index contributed by atoms with van der Waals surface area (Å²) in [6.45, 7) is 2.43. The van der Waals surface area contributed by atoms with E-state index in [2.05, 4.69) is 162 Å². The van der Waals surface area contributed by atoms with Gasteiger partial charge in [-0.05, 0) is 89.2 Å². The maximum atomic E-state index is 6.48. The number of aromatic nitrogens is 1. The molecule has 0 radical (unpaired) electrons. The maximum absolute atomic E-state index is 6.48. The van der Waals surface area contributed by atoms with Gasteiger partial charge in [0.15, 0.2) is 0 Å². The van der Waals surface area contributed by atoms with Crippen molar-refractivity contribution in [3.63, 3.8) is 0 Å². The molecule has 0 N–H and O–H groups in total. The molecule has 48 heavy (non-hydrogen) atoms. The Morgan fingerprint density at radius 2 is 1.25 bits per heavy atom. The summed E-state index contributed by atoms with van der Waals surface area (Å²) in [4.78, 5) is 2.50. The third-order valence-corrected chi connectivity index (χ3v) is 11.0. The van der Waals surface area contributed by atoms with Gasteiger partial charge in [0.1, 0.15) is 11.2 Å². The molecule has 2 aliphatic rings. The number of para-hydroxylation sites is 3. The van der Waals surface area contributed by atoms with Gasteiger partial charge in [0.25, 0.3) is 0 Å². The Hall–Kier alpha value is -6.06. The number of nitrogens with zero attached hydrogens (tertiary/aromatic N) is 2. The lowest BCUT2D eigenvalue weighted by atomic mass is 9.73. The zero-order chi connectivity index (χ0) is 31.6. The average Bonchev–Trinajstić information content (AvgIpc) is 3.74. The number of benzene rings is 7. The Morgan fingerprint density at radius 3 is 2.10 bits per heavy atom. The van der Waals surface area contributed by atoms with Crippen LogP contribution in [0.15, 0.2) is 156 Å². The molecule has 3 nitrogen and oxygen atoms in total. The van der Waals surface area contributed by atoms with E-state index in [0.29, 0.717) is 0 Å². The van der Waals surface area contributed by atoms with E-state index >= 15 is 0 Å². The van der Waals surface area contributed by atoms with E-state index in [0.717, 1.165) is 28.4 Å². The van der Waals surface area contributed by atoms with Crippen LogP contribution in [0.25, 0.3) is 66.1 Å². The van der Waals surface area contributed by atoms with Crippen LogP contribution in [-0.2, 0) is 11.8 Å². The van der Waals surface area contributed by atoms with Crippen LogP contribution < -0.4 is 4.90 Å². The molecule has 11 rings (SSSR count). The van der Waals surface area contributed by atoms with Crippen molar-refractivity contribution in [2.75, 3.05) is 4.90 Å². The summed E-state index contributed by atoms with van der Waals surface area (Å²) in [6, 6.07) is 52.9. The Balaban J connectivity index is 1.24. The fourth-order valence-corrected chi connectivity index (χ4v) is 8.79. The molecule has 3 heteroatoms. The molecule has 0 saturated carbocycles. The SMILES string of the molecule is CC12Cc3c(n(-c4cc5ccccc5c5ccccc45)c4ccccc34)C=C1N(c1ccccc1)c1cc3c(cc12)oc1ccccc13. The Bertz CT molecular complexity index is 2840. The quantitative estimate of drug-likeness (QED) is 0.181. The number of hydrogen-bond donors (Lipinski definition) is 0. The molecular formula is C45H30N2O. The molecule has 2 aromatic heterocycles. The first-order valence-corrected chi connectivity index (χ1v) is 16.7. The zero-order valence-corrected chi connectivity index (χ0v) is 26.4. The van der Waals surface area contributed by atoms with Gasteiger partial charge in [0.2, 0.25) is 0 Å². The fourth-order valence-electron chi connectivity index (χ4n) is 8.79. The second-order valence-electron chi connectivity index (χ2n) is 13.6. The van der Waals surface area contributed by atoms with Gasteiger partial charge in [0, 0.05) is 38.3 Å². The van der Waals surface area contributed by atoms with Gasteiger partial charge >= 0.3 is 0 Å². The minimum atomic E-state index is -0.258. The topological polar surface area (TPSA) is 21.3 Å². The molecule has 226 valence electrons. The van der Waals surface area contributed by atoms with Gasteiger partial charge in [-0.2, -0.15) is 0 Å². The molecule has 0 saturated heterocycles. The van der Waals surface area contributed by atoms with E-state index in [4.69, 9.17) is 4.42 Å². The third-order valence-electron chi connectivity index (χ3n) is 11.0. The van der Waals surface area contributed by atoms with Gasteiger partial charge in [-0.3, -0.25) is 0 Å². The van der Waals surface area contributed by atoms with Crippen LogP contribution in [0.1, 0.15) is 23.7 Å². The summed E-state index contributed by atoms with van der Waals surface area (Å²) >= 11 is 0. The van der Waals surface area contributed by atoms with Crippen molar-refractivity contribution in [3.8, 4) is 5.69 Å². The summed E-state index contributed by atoms with van der Waals surface area (Å²) < 4.78 is 9.00. The summed E-state index contributed by atoms with van der Waals surface area (Å²) in [7, 11) is 0. The molecule has 1 aliphatic carbocycles. The van der Waals surface area contributed by atoms with Crippen LogP contribution in [0.2, 0.25) is 0 Å². The molecule has 1 atom stereocenters. The number of anilines is 2. The molecule has 1 aliphatic heterocycles. The minimum Gasteiger partial charge on any atom is -0.456 e. The number of hydrogen-bond acceptors (Lipinski definition) is 2. The smallest absolute Gasteiger partial charge is 0.135 e. The van der Waals surface area contributed by atoms with Gasteiger partial charge in [-0.25, -0.2) is 0 Å². The summed E-state index contributed by atoms with van der Waals surface area (Å²) in [5, 5.41) is 8.69. The van der Waals surface area contributed by atoms with Crippen molar-refractivity contribution in [2.24, 2.45) is 0 Å². The van der Waals surface area contributed by atoms with E-state index in [1.54, 1.807) is 0 Å². The van der Waals surface area contributed by atoms with Gasteiger partial charge in [0.05, 0.1) is 22.6 Å². The lowest BCUT2D eigenvalue weighted by molar-refractivity contribution is 0.566. The lowest BCUT2D eigenvalue weighted by Gasteiger charge is -2.34. The van der Waals surface area contributed by atoms with E-state index < -0.39 is 0 Å². The molecule has 9 aromatic rings. The van der Waals surface area contributed by atoms with Crippen molar-refractivity contribution >= 4 is 71.8 Å². The van der Waals surface area contributed by atoms with Crippen molar-refractivity contribution in [1.82, 2.24) is 4.57 Å². The highest BCUT2D eigenvalue weighted by Crippen LogP contribution is 2.58. The Labute approximate surface area is 277 Å². The van der Waals surface area contributed by atoms with Crippen LogP contribution in [-0.4, -0.2) is 4.57 Å². The Morgan fingerprint density at radius 1 is 0.562 bits per heavy atom. The minimum absolute atomic E-state index is 0.258. The highest BCUT2D eigenvalue weighted by Gasteiger charge is 2.48. The lowest BCUT2D eigenvalue weighted by Crippen LogP contribution is -2.31. The first kappa shape index (κ1) is 26.1. The molecule has 1 unspecified atom stereocenters. The number of rotatable bonds is 2. The average molecular weight is 615 g/mol. The van der Waals surface area contributed by atoms with Crippen molar-refractivity contribution in [2.45, 2.75) is 18.8 Å². The van der Waals surface area contributed by atoms with Crippen LogP contribution >= 0.6 is 0 Å². The van der Waals surface area contributed by atoms with Crippen molar-refractivity contribution in [3.05, 3.63) is 168 Å². The van der Waals surface area contributed by atoms with E-state index in [-0.39, 0.29) is 5.41 Å². The van der Waals surface area contributed by atoms with Gasteiger partial charge in [-0.15, -0.1) is 0 Å². The van der Waals surface area contributed by atoms with Crippen molar-refractivity contribution < 1.29 is 4.42 Å². The number of fused-ring (bicyclic) bond motifs is 12. The summed E-state index contributed by atoms with van der Waals surface area (Å²) in [5.41, 5.74) is 11.7. The first-order chi connectivity index (χ1) is 23.7. The van der Waals surface area contributed by atoms with E-state index in [9.17, 15) is 0 Å². The van der Waals surface area contributed by atoms with Gasteiger partial charge < -0.3 is 13.9 Å². The second-order valence-corrected chi connectivity index (χ2v) is 13.6. The standard InChI is InChI=1S/C45H30N2O/c1-45-27-36-33-19-9-11-21-38(33)47(39-23-28-13-5-6-16-30(28)31-17-7-8-18-32(31)39)40(36)26-44(45)46(29-14-3-2-4-15-29)41-24-35-34-20-10-12-22-42(34)48-43(35)25-37(41)45/h2-26H,27H2,1H3. The van der Waals surface area contributed by atoms with Crippen LogP contribution in [0, 0.1) is 0 Å². The molecule has 0 fully saturated rings. The van der Waals surface area contributed by atoms with Crippen molar-refractivity contribution in [1.29, 1.82) is 0 Å². The largest absolute Gasteiger partial charge is 0.456 e. The third kappa shape index (κ3) is 3.33. The number of furan rings is 1. The zero-order valence-electron chi connectivity index (χ0n) is 26.4. The van der Waals surface area contributed by atoms with Crippen LogP contribution in [0.3, 0.4) is 0 Å². The number of allylic oxidation sites excluding steroid dienone is 1. The maximum Gasteiger partial charge on any atom is 0.135 e. The fraction of sp³-hybridized carbons (Fsp3) is 0.0667. The monoisotopic (exact) mass is 614 g/mol. The van der Waals surface area contributed by atoms with Crippen LogP contribution in [0.4, 0.5) is 11.4 Å². The molecule has 0 amide bonds. The van der Waals surface area contributed by atoms with Gasteiger partial charge in [-0.1, -0.05) is 103 Å². The molecule has 0 spiro atoms. The molecular weight excluding hydrogens is 585 g/mol. The predicted octanol–water partition coefficient (Wildman–Crippen LogP) is 11.8. The highest BCUT2D eigenvalue weighted by molar-refractivity contribution is 6.12. The normalized spacial score (nSPS) is 16.9. The van der Waals surface area contributed by atoms with Crippen LogP contribution in [0.5, 0.6) is 0 Å². The molecule has 7 aromatic carbocycles. The van der Waals surface area contributed by atoms with E-state index in [1.807, 2.05) is 6.07 Å². The van der Waals surface area contributed by atoms with E-state index in [1.165, 1.54) is 72.0 Å². The molecule has 3 heterocycles.